The lowest BCUT2D eigenvalue weighted by Crippen LogP contribution is -2.11. The largest absolute Gasteiger partial charge is 0.490 e. The molecule has 0 fully saturated rings. The van der Waals surface area contributed by atoms with Crippen molar-refractivity contribution in [3.63, 3.8) is 0 Å². The lowest BCUT2D eigenvalue weighted by Gasteiger charge is -2.14. The Morgan fingerprint density at radius 3 is 2.24 bits per heavy atom. The van der Waals surface area contributed by atoms with Gasteiger partial charge in [-0.1, -0.05) is 6.92 Å². The normalized spacial score (nSPS) is 11.3. The number of nitrogens with one attached hydrogen (secondary N) is 2. The Labute approximate surface area is 122 Å². The van der Waals surface area contributed by atoms with Crippen molar-refractivity contribution in [3.8, 4) is 5.75 Å². The molecule has 0 radical (unpaired) electrons. The molecule has 1 rings (SSSR count). The highest BCUT2D eigenvalue weighted by molar-refractivity contribution is 5.63. The smallest absolute Gasteiger partial charge is 0.389 e. The van der Waals surface area contributed by atoms with Crippen LogP contribution in [-0.2, 0) is 0 Å². The minimum absolute atomic E-state index is 0.0881. The molecule has 0 aliphatic rings. The fourth-order valence-electron chi connectivity index (χ4n) is 1.72. The Kier molecular flexibility index (Phi) is 7.04. The van der Waals surface area contributed by atoms with Crippen LogP contribution in [0, 0.1) is 0 Å². The van der Waals surface area contributed by atoms with Gasteiger partial charge in [-0.3, -0.25) is 0 Å². The van der Waals surface area contributed by atoms with Crippen LogP contribution < -0.4 is 15.4 Å². The van der Waals surface area contributed by atoms with Crippen LogP contribution in [-0.4, -0.2) is 36.3 Å². The monoisotopic (exact) mass is 306 g/mol. The summed E-state index contributed by atoms with van der Waals surface area (Å²) in [5, 5.41) is 6.09. The van der Waals surface area contributed by atoms with Gasteiger partial charge in [0.05, 0.1) is 7.11 Å². The van der Waals surface area contributed by atoms with Crippen LogP contribution in [0.1, 0.15) is 32.6 Å². The summed E-state index contributed by atoms with van der Waals surface area (Å²) in [7, 11) is 1.50. The van der Waals surface area contributed by atoms with Crippen LogP contribution in [0.25, 0.3) is 0 Å². The van der Waals surface area contributed by atoms with Crippen LogP contribution in [0.5, 0.6) is 5.75 Å². The zero-order valence-corrected chi connectivity index (χ0v) is 12.3. The first-order chi connectivity index (χ1) is 9.98. The van der Waals surface area contributed by atoms with Crippen molar-refractivity contribution in [1.29, 1.82) is 0 Å². The van der Waals surface area contributed by atoms with Gasteiger partial charge in [0.1, 0.15) is 6.33 Å². The van der Waals surface area contributed by atoms with Crippen molar-refractivity contribution in [1.82, 2.24) is 9.97 Å². The third-order valence-corrected chi connectivity index (χ3v) is 2.73. The van der Waals surface area contributed by atoms with E-state index in [1.54, 1.807) is 0 Å². The third-order valence-electron chi connectivity index (χ3n) is 2.73. The van der Waals surface area contributed by atoms with E-state index >= 15 is 0 Å². The molecule has 0 bridgehead atoms. The average Bonchev–Trinajstić information content (AvgIpc) is 2.43. The maximum Gasteiger partial charge on any atom is 0.389 e. The molecule has 0 atom stereocenters. The summed E-state index contributed by atoms with van der Waals surface area (Å²) >= 11 is 0. The van der Waals surface area contributed by atoms with Crippen molar-refractivity contribution in [2.45, 2.75) is 38.8 Å². The topological polar surface area (TPSA) is 59.1 Å². The van der Waals surface area contributed by atoms with E-state index in [2.05, 4.69) is 20.6 Å². The first kappa shape index (κ1) is 17.3. The van der Waals surface area contributed by atoms with E-state index in [0.717, 1.165) is 13.0 Å². The van der Waals surface area contributed by atoms with Crippen LogP contribution in [0.4, 0.5) is 24.8 Å². The van der Waals surface area contributed by atoms with Crippen LogP contribution in [0.15, 0.2) is 6.33 Å². The number of hydrogen-bond donors (Lipinski definition) is 2. The van der Waals surface area contributed by atoms with Gasteiger partial charge in [-0.15, -0.1) is 0 Å². The predicted octanol–water partition coefficient (Wildman–Crippen LogP) is 3.45. The van der Waals surface area contributed by atoms with Crippen molar-refractivity contribution < 1.29 is 17.9 Å². The Morgan fingerprint density at radius 1 is 1.10 bits per heavy atom. The predicted molar refractivity (Wildman–Crippen MR) is 75.8 cm³/mol. The number of anilines is 2. The van der Waals surface area contributed by atoms with Crippen molar-refractivity contribution in [2.75, 3.05) is 30.8 Å². The standard InChI is InChI=1S/C13H21F3N4O/c1-3-7-17-11-10(21-2)12(20-9-19-11)18-8-5-4-6-13(14,15)16/h9H,3-8H2,1-2H3,(H2,17,18,19,20). The molecular formula is C13H21F3N4O. The van der Waals surface area contributed by atoms with Crippen molar-refractivity contribution >= 4 is 11.6 Å². The molecule has 0 aromatic carbocycles. The summed E-state index contributed by atoms with van der Waals surface area (Å²) in [6.45, 7) is 3.18. The molecule has 21 heavy (non-hydrogen) atoms. The number of halogens is 3. The SMILES string of the molecule is CCCNc1ncnc(NCCCCC(F)(F)F)c1OC. The number of methoxy groups -OCH3 is 1. The summed E-state index contributed by atoms with van der Waals surface area (Å²) in [4.78, 5) is 8.14. The number of alkyl halides is 3. The van der Waals surface area contributed by atoms with Crippen molar-refractivity contribution in [3.05, 3.63) is 6.33 Å². The van der Waals surface area contributed by atoms with Gasteiger partial charge >= 0.3 is 6.18 Å². The lowest BCUT2D eigenvalue weighted by atomic mass is 10.2. The molecule has 0 saturated carbocycles. The van der Waals surface area contributed by atoms with E-state index in [1.165, 1.54) is 13.4 Å². The second kappa shape index (κ2) is 8.53. The van der Waals surface area contributed by atoms with Gasteiger partial charge in [0.15, 0.2) is 11.6 Å². The fourth-order valence-corrected chi connectivity index (χ4v) is 1.72. The number of aromatic nitrogens is 2. The molecule has 1 aromatic heterocycles. The summed E-state index contributed by atoms with van der Waals surface area (Å²) in [5.74, 6) is 1.53. The molecule has 0 amide bonds. The lowest BCUT2D eigenvalue weighted by molar-refractivity contribution is -0.135. The van der Waals surface area contributed by atoms with E-state index in [-0.39, 0.29) is 6.42 Å². The van der Waals surface area contributed by atoms with Gasteiger partial charge in [-0.05, 0) is 19.3 Å². The minimum atomic E-state index is -4.09. The number of ether oxygens (including phenoxy) is 1. The van der Waals surface area contributed by atoms with Crippen molar-refractivity contribution in [2.24, 2.45) is 0 Å². The Bertz CT molecular complexity index is 426. The highest BCUT2D eigenvalue weighted by Gasteiger charge is 2.25. The molecule has 0 spiro atoms. The Morgan fingerprint density at radius 2 is 1.71 bits per heavy atom. The summed E-state index contributed by atoms with van der Waals surface area (Å²) < 4.78 is 41.3. The quantitative estimate of drug-likeness (QED) is 0.684. The molecule has 0 unspecified atom stereocenters. The van der Waals surface area contributed by atoms with E-state index in [0.29, 0.717) is 30.4 Å². The van der Waals surface area contributed by atoms with Gasteiger partial charge in [0, 0.05) is 19.5 Å². The van der Waals surface area contributed by atoms with Gasteiger partial charge in [-0.25, -0.2) is 9.97 Å². The Hall–Kier alpha value is -1.73. The highest BCUT2D eigenvalue weighted by atomic mass is 19.4. The van der Waals surface area contributed by atoms with Crippen LogP contribution in [0.2, 0.25) is 0 Å². The Balaban J connectivity index is 2.50. The van der Waals surface area contributed by atoms with E-state index in [1.807, 2.05) is 6.92 Å². The molecule has 5 nitrogen and oxygen atoms in total. The molecule has 2 N–H and O–H groups in total. The minimum Gasteiger partial charge on any atom is -0.490 e. The maximum atomic E-state index is 12.0. The average molecular weight is 306 g/mol. The number of rotatable bonds is 9. The second-order valence-electron chi connectivity index (χ2n) is 4.53. The van der Waals surface area contributed by atoms with Gasteiger partial charge in [-0.2, -0.15) is 13.2 Å². The third kappa shape index (κ3) is 6.50. The van der Waals surface area contributed by atoms with Crippen LogP contribution in [0.3, 0.4) is 0 Å². The second-order valence-corrected chi connectivity index (χ2v) is 4.53. The number of hydrogen-bond acceptors (Lipinski definition) is 5. The van der Waals surface area contributed by atoms with Gasteiger partial charge < -0.3 is 15.4 Å². The molecular weight excluding hydrogens is 285 g/mol. The van der Waals surface area contributed by atoms with Gasteiger partial charge in [0.25, 0.3) is 0 Å². The molecule has 0 aliphatic carbocycles. The molecule has 0 aliphatic heterocycles. The first-order valence-electron chi connectivity index (χ1n) is 6.91. The molecule has 8 heteroatoms. The molecule has 0 saturated heterocycles. The zero-order valence-electron chi connectivity index (χ0n) is 12.3. The fraction of sp³-hybridized carbons (Fsp3) is 0.692. The number of nitrogens with zero attached hydrogens (tertiary/aromatic N) is 2. The highest BCUT2D eigenvalue weighted by Crippen LogP contribution is 2.29. The number of unbranched alkanes of at least 4 members (excludes halogenated alkanes) is 1. The molecule has 1 heterocycles. The zero-order chi connectivity index (χ0) is 15.7. The molecule has 1 aromatic rings. The summed E-state index contributed by atoms with van der Waals surface area (Å²) in [6.07, 6.45) is -2.04. The van der Waals surface area contributed by atoms with Crippen LogP contribution >= 0.6 is 0 Å². The first-order valence-corrected chi connectivity index (χ1v) is 6.91. The summed E-state index contributed by atoms with van der Waals surface area (Å²) in [5.41, 5.74) is 0. The molecule has 120 valence electrons. The van der Waals surface area contributed by atoms with E-state index < -0.39 is 12.6 Å². The van der Waals surface area contributed by atoms with E-state index in [9.17, 15) is 13.2 Å². The van der Waals surface area contributed by atoms with Gasteiger partial charge in [0.2, 0.25) is 5.75 Å². The summed E-state index contributed by atoms with van der Waals surface area (Å²) in [6, 6.07) is 0. The van der Waals surface area contributed by atoms with E-state index in [4.69, 9.17) is 4.74 Å². The maximum absolute atomic E-state index is 12.0.